The van der Waals surface area contributed by atoms with Crippen LogP contribution in [0.3, 0.4) is 0 Å². The summed E-state index contributed by atoms with van der Waals surface area (Å²) in [6.07, 6.45) is 8.74. The second kappa shape index (κ2) is 8.73. The summed E-state index contributed by atoms with van der Waals surface area (Å²) in [4.78, 5) is 20.3. The summed E-state index contributed by atoms with van der Waals surface area (Å²) in [5.41, 5.74) is 5.98. The van der Waals surface area contributed by atoms with E-state index in [1.807, 2.05) is 6.07 Å². The number of fused-ring (bicyclic) bond motifs is 3. The van der Waals surface area contributed by atoms with Gasteiger partial charge in [-0.3, -0.25) is 9.69 Å². The van der Waals surface area contributed by atoms with Crippen LogP contribution in [0, 0.1) is 6.92 Å². The smallest absolute Gasteiger partial charge is 0.264 e. The Hall–Kier alpha value is -2.44. The lowest BCUT2D eigenvalue weighted by atomic mass is 9.94. The Balaban J connectivity index is 1.22. The van der Waals surface area contributed by atoms with Crippen molar-refractivity contribution in [2.24, 2.45) is 0 Å². The molecule has 3 heterocycles. The lowest BCUT2D eigenvalue weighted by molar-refractivity contribution is 0.0527. The topological polar surface area (TPSA) is 41.4 Å². The van der Waals surface area contributed by atoms with Gasteiger partial charge in [-0.25, -0.2) is 4.68 Å². The first-order valence-electron chi connectivity index (χ1n) is 12.5. The van der Waals surface area contributed by atoms with Gasteiger partial charge in [0.1, 0.15) is 0 Å². The van der Waals surface area contributed by atoms with Crippen molar-refractivity contribution < 1.29 is 4.79 Å². The maximum atomic E-state index is 13.4. The number of aryl methyl sites for hydroxylation is 2. The van der Waals surface area contributed by atoms with Crippen molar-refractivity contribution in [3.8, 4) is 16.1 Å². The fourth-order valence-electron chi connectivity index (χ4n) is 5.96. The van der Waals surface area contributed by atoms with Crippen LogP contribution in [0.5, 0.6) is 0 Å². The largest absolute Gasteiger partial charge is 0.335 e. The fraction of sp³-hybridized carbons (Fsp3) is 0.481. The lowest BCUT2D eigenvalue weighted by Crippen LogP contribution is -2.52. The first-order chi connectivity index (χ1) is 16.2. The summed E-state index contributed by atoms with van der Waals surface area (Å²) in [7, 11) is 0. The van der Waals surface area contributed by atoms with Crippen LogP contribution in [0.2, 0.25) is 0 Å². The minimum atomic E-state index is 0.215. The molecule has 1 saturated heterocycles. The van der Waals surface area contributed by atoms with Crippen molar-refractivity contribution in [1.29, 1.82) is 0 Å². The van der Waals surface area contributed by atoms with Crippen molar-refractivity contribution in [3.05, 3.63) is 58.2 Å². The SMILES string of the molecule is Cc1nn(-c2ccccc2)c2c1-c1sc(C(=O)N3CCN(C4CCCCC4)CC3)cc1CC2. The highest BCUT2D eigenvalue weighted by Gasteiger charge is 2.31. The molecule has 6 rings (SSSR count). The van der Waals surface area contributed by atoms with Crippen molar-refractivity contribution in [2.45, 2.75) is 57.9 Å². The third-order valence-corrected chi connectivity index (χ3v) is 8.91. The molecule has 0 N–H and O–H groups in total. The summed E-state index contributed by atoms with van der Waals surface area (Å²) in [6.45, 7) is 5.85. The van der Waals surface area contributed by atoms with Gasteiger partial charge in [-0.1, -0.05) is 37.5 Å². The first kappa shape index (κ1) is 21.1. The summed E-state index contributed by atoms with van der Waals surface area (Å²) >= 11 is 1.67. The number of hydrogen-bond acceptors (Lipinski definition) is 4. The highest BCUT2D eigenvalue weighted by molar-refractivity contribution is 7.17. The Morgan fingerprint density at radius 2 is 1.76 bits per heavy atom. The van der Waals surface area contributed by atoms with E-state index in [9.17, 15) is 4.79 Å². The Bertz CT molecular complexity index is 1150. The predicted octanol–water partition coefficient (Wildman–Crippen LogP) is 5.10. The molecule has 1 saturated carbocycles. The molecule has 3 aliphatic rings. The first-order valence-corrected chi connectivity index (χ1v) is 13.3. The third-order valence-electron chi connectivity index (χ3n) is 7.73. The van der Waals surface area contributed by atoms with Crippen LogP contribution < -0.4 is 0 Å². The standard InChI is InChI=1S/C27H32N4OS/c1-19-25-23(31(28-19)22-10-6-3-7-11-22)13-12-20-18-24(33-26(20)25)27(32)30-16-14-29(15-17-30)21-8-4-2-5-9-21/h3,6-7,10-11,18,21H,2,4-5,8-9,12-17H2,1H3. The monoisotopic (exact) mass is 460 g/mol. The summed E-state index contributed by atoms with van der Waals surface area (Å²) in [5.74, 6) is 0.215. The molecule has 0 bridgehead atoms. The number of nitrogens with zero attached hydrogens (tertiary/aromatic N) is 4. The molecular formula is C27H32N4OS. The fourth-order valence-corrected chi connectivity index (χ4v) is 7.26. The molecule has 172 valence electrons. The van der Waals surface area contributed by atoms with E-state index in [-0.39, 0.29) is 5.91 Å². The zero-order valence-corrected chi connectivity index (χ0v) is 20.2. The molecule has 0 unspecified atom stereocenters. The third kappa shape index (κ3) is 3.83. The van der Waals surface area contributed by atoms with Gasteiger partial charge in [-0.05, 0) is 56.4 Å². The van der Waals surface area contributed by atoms with E-state index >= 15 is 0 Å². The van der Waals surface area contributed by atoms with Crippen molar-refractivity contribution in [3.63, 3.8) is 0 Å². The van der Waals surface area contributed by atoms with E-state index in [0.29, 0.717) is 0 Å². The minimum Gasteiger partial charge on any atom is -0.335 e. The Morgan fingerprint density at radius 3 is 2.52 bits per heavy atom. The Morgan fingerprint density at radius 1 is 1.00 bits per heavy atom. The van der Waals surface area contributed by atoms with Gasteiger partial charge in [0.25, 0.3) is 5.91 Å². The zero-order chi connectivity index (χ0) is 22.4. The van der Waals surface area contributed by atoms with E-state index in [4.69, 9.17) is 5.10 Å². The maximum absolute atomic E-state index is 13.4. The van der Waals surface area contributed by atoms with Crippen molar-refractivity contribution >= 4 is 17.2 Å². The number of hydrogen-bond donors (Lipinski definition) is 0. The van der Waals surface area contributed by atoms with Gasteiger partial charge < -0.3 is 4.90 Å². The molecule has 1 amide bonds. The van der Waals surface area contributed by atoms with Gasteiger partial charge in [-0.2, -0.15) is 5.10 Å². The number of amides is 1. The normalized spacial score (nSPS) is 19.4. The van der Waals surface area contributed by atoms with Gasteiger partial charge in [0.2, 0.25) is 0 Å². The highest BCUT2D eigenvalue weighted by atomic mass is 32.1. The number of carbonyl (C=O) groups is 1. The van der Waals surface area contributed by atoms with Crippen molar-refractivity contribution in [1.82, 2.24) is 19.6 Å². The summed E-state index contributed by atoms with van der Waals surface area (Å²) in [6, 6.07) is 13.3. The molecule has 6 heteroatoms. The average molecular weight is 461 g/mol. The number of benzene rings is 1. The van der Waals surface area contributed by atoms with Crippen LogP contribution in [-0.4, -0.2) is 57.7 Å². The summed E-state index contributed by atoms with van der Waals surface area (Å²) in [5, 5.41) is 4.88. The van der Waals surface area contributed by atoms with Crippen molar-refractivity contribution in [2.75, 3.05) is 26.2 Å². The molecule has 2 fully saturated rings. The lowest BCUT2D eigenvalue weighted by Gasteiger charge is -2.40. The molecule has 0 radical (unpaired) electrons. The Kier molecular flexibility index (Phi) is 5.59. The molecule has 5 nitrogen and oxygen atoms in total. The number of para-hydroxylation sites is 1. The second-order valence-electron chi connectivity index (χ2n) is 9.74. The zero-order valence-electron chi connectivity index (χ0n) is 19.4. The molecule has 1 aromatic carbocycles. The molecular weight excluding hydrogens is 428 g/mol. The molecule has 0 spiro atoms. The number of rotatable bonds is 3. The van der Waals surface area contributed by atoms with E-state index in [2.05, 4.69) is 51.7 Å². The molecule has 3 aromatic rings. The van der Waals surface area contributed by atoms with Crippen LogP contribution in [0.1, 0.15) is 58.7 Å². The van der Waals surface area contributed by atoms with Gasteiger partial charge >= 0.3 is 0 Å². The predicted molar refractivity (Wildman–Crippen MR) is 133 cm³/mol. The van der Waals surface area contributed by atoms with Crippen LogP contribution in [-0.2, 0) is 12.8 Å². The quantitative estimate of drug-likeness (QED) is 0.546. The summed E-state index contributed by atoms with van der Waals surface area (Å²) < 4.78 is 2.10. The minimum absolute atomic E-state index is 0.215. The average Bonchev–Trinajstić information content (AvgIpc) is 3.46. The van der Waals surface area contributed by atoms with Gasteiger partial charge in [0.05, 0.1) is 22.0 Å². The molecule has 33 heavy (non-hydrogen) atoms. The van der Waals surface area contributed by atoms with Crippen LogP contribution >= 0.6 is 11.3 Å². The Labute approximate surface area is 200 Å². The van der Waals surface area contributed by atoms with E-state index in [0.717, 1.165) is 61.3 Å². The van der Waals surface area contributed by atoms with Gasteiger partial charge in [0, 0.05) is 42.7 Å². The molecule has 1 aliphatic heterocycles. The van der Waals surface area contributed by atoms with Gasteiger partial charge in [0.15, 0.2) is 0 Å². The molecule has 2 aliphatic carbocycles. The van der Waals surface area contributed by atoms with Crippen LogP contribution in [0.15, 0.2) is 36.4 Å². The number of aromatic nitrogens is 2. The second-order valence-corrected chi connectivity index (χ2v) is 10.8. The van der Waals surface area contributed by atoms with Crippen LogP contribution in [0.4, 0.5) is 0 Å². The molecule has 2 aromatic heterocycles. The van der Waals surface area contributed by atoms with E-state index in [1.54, 1.807) is 11.3 Å². The van der Waals surface area contributed by atoms with E-state index < -0.39 is 0 Å². The molecule has 0 atom stereocenters. The van der Waals surface area contributed by atoms with Crippen LogP contribution in [0.25, 0.3) is 16.1 Å². The number of carbonyl (C=O) groups excluding carboxylic acids is 1. The number of piperazine rings is 1. The highest BCUT2D eigenvalue weighted by Crippen LogP contribution is 2.42. The maximum Gasteiger partial charge on any atom is 0.264 e. The number of thiophene rings is 1. The van der Waals surface area contributed by atoms with Gasteiger partial charge in [-0.15, -0.1) is 11.3 Å². The van der Waals surface area contributed by atoms with E-state index in [1.165, 1.54) is 53.8 Å².